The molecule has 1 saturated carbocycles. The SMILES string of the molecule is CCOP(=O)(OCC)[C@@H]1C[C@H]1c1ccc(OC)cc1. The van der Waals surface area contributed by atoms with Gasteiger partial charge in [0.25, 0.3) is 0 Å². The molecule has 0 amide bonds. The average Bonchev–Trinajstić information content (AvgIpc) is 3.20. The fourth-order valence-corrected chi connectivity index (χ4v) is 4.60. The third-order valence-corrected chi connectivity index (χ3v) is 5.94. The Morgan fingerprint density at radius 1 is 1.16 bits per heavy atom. The van der Waals surface area contributed by atoms with E-state index >= 15 is 0 Å². The van der Waals surface area contributed by atoms with Crippen molar-refractivity contribution in [2.24, 2.45) is 0 Å². The molecule has 1 aliphatic carbocycles. The van der Waals surface area contributed by atoms with E-state index in [0.29, 0.717) is 13.2 Å². The van der Waals surface area contributed by atoms with Gasteiger partial charge in [0.05, 0.1) is 26.0 Å². The summed E-state index contributed by atoms with van der Waals surface area (Å²) in [7, 11) is -1.31. The molecule has 5 heteroatoms. The lowest BCUT2D eigenvalue weighted by atomic mass is 10.1. The summed E-state index contributed by atoms with van der Waals surface area (Å²) < 4.78 is 28.5. The lowest BCUT2D eigenvalue weighted by Crippen LogP contribution is -2.02. The molecule has 0 aromatic heterocycles. The summed E-state index contributed by atoms with van der Waals surface area (Å²) in [5, 5.41) is 0. The summed E-state index contributed by atoms with van der Waals surface area (Å²) in [6, 6.07) is 7.89. The van der Waals surface area contributed by atoms with Gasteiger partial charge in [-0.2, -0.15) is 0 Å². The molecule has 0 aliphatic heterocycles. The van der Waals surface area contributed by atoms with E-state index in [0.717, 1.165) is 12.2 Å². The standard InChI is InChI=1S/C14H21O4P/c1-4-17-19(15,18-5-2)14-10-13(14)11-6-8-12(16-3)9-7-11/h6-9,13-14H,4-5,10H2,1-3H3/t13-,14+/m0/s1. The van der Waals surface area contributed by atoms with Gasteiger partial charge in [-0.1, -0.05) is 12.1 Å². The first-order valence-electron chi connectivity index (χ1n) is 6.67. The fourth-order valence-electron chi connectivity index (χ4n) is 2.33. The normalized spacial score (nSPS) is 22.3. The highest BCUT2D eigenvalue weighted by Crippen LogP contribution is 2.68. The third kappa shape index (κ3) is 3.19. The molecule has 2 rings (SSSR count). The second-order valence-electron chi connectivity index (χ2n) is 4.56. The Hall–Kier alpha value is -0.830. The topological polar surface area (TPSA) is 44.8 Å². The maximum Gasteiger partial charge on any atom is 0.334 e. The fraction of sp³-hybridized carbons (Fsp3) is 0.571. The van der Waals surface area contributed by atoms with Crippen molar-refractivity contribution in [3.8, 4) is 5.75 Å². The van der Waals surface area contributed by atoms with Gasteiger partial charge < -0.3 is 13.8 Å². The summed E-state index contributed by atoms with van der Waals surface area (Å²) in [4.78, 5) is 0. The number of hydrogen-bond donors (Lipinski definition) is 0. The molecule has 0 heterocycles. The van der Waals surface area contributed by atoms with Gasteiger partial charge in [0.2, 0.25) is 0 Å². The smallest absolute Gasteiger partial charge is 0.334 e. The summed E-state index contributed by atoms with van der Waals surface area (Å²) in [5.74, 6) is 1.11. The highest BCUT2D eigenvalue weighted by atomic mass is 31.2. The van der Waals surface area contributed by atoms with Crippen molar-refractivity contribution in [1.29, 1.82) is 0 Å². The van der Waals surface area contributed by atoms with Crippen molar-refractivity contribution in [3.63, 3.8) is 0 Å². The van der Waals surface area contributed by atoms with Crippen LogP contribution in [0.15, 0.2) is 24.3 Å². The van der Waals surface area contributed by atoms with Crippen LogP contribution in [0.2, 0.25) is 0 Å². The Morgan fingerprint density at radius 2 is 1.74 bits per heavy atom. The predicted molar refractivity (Wildman–Crippen MR) is 75.0 cm³/mol. The third-order valence-electron chi connectivity index (χ3n) is 3.32. The molecule has 4 nitrogen and oxygen atoms in total. The van der Waals surface area contributed by atoms with Gasteiger partial charge in [-0.3, -0.25) is 4.57 Å². The molecule has 106 valence electrons. The van der Waals surface area contributed by atoms with Crippen molar-refractivity contribution < 1.29 is 18.3 Å². The van der Waals surface area contributed by atoms with Gasteiger partial charge in [0, 0.05) is 0 Å². The minimum Gasteiger partial charge on any atom is -0.497 e. The zero-order valence-electron chi connectivity index (χ0n) is 11.7. The van der Waals surface area contributed by atoms with Crippen molar-refractivity contribution in [3.05, 3.63) is 29.8 Å². The van der Waals surface area contributed by atoms with Gasteiger partial charge in [-0.05, 0) is 43.9 Å². The summed E-state index contributed by atoms with van der Waals surface area (Å²) in [6.45, 7) is 4.53. The summed E-state index contributed by atoms with van der Waals surface area (Å²) >= 11 is 0. The number of benzene rings is 1. The first-order chi connectivity index (χ1) is 9.14. The van der Waals surface area contributed by atoms with E-state index in [1.54, 1.807) is 7.11 Å². The molecule has 19 heavy (non-hydrogen) atoms. The highest BCUT2D eigenvalue weighted by Gasteiger charge is 2.53. The Bertz CT molecular complexity index is 447. The molecule has 0 unspecified atom stereocenters. The number of rotatable bonds is 7. The number of ether oxygens (including phenoxy) is 1. The molecule has 0 bridgehead atoms. The van der Waals surface area contributed by atoms with Crippen molar-refractivity contribution in [2.75, 3.05) is 20.3 Å². The molecule has 0 N–H and O–H groups in total. The van der Waals surface area contributed by atoms with E-state index in [1.165, 1.54) is 5.56 Å². The van der Waals surface area contributed by atoms with E-state index in [9.17, 15) is 4.57 Å². The van der Waals surface area contributed by atoms with E-state index in [4.69, 9.17) is 13.8 Å². The van der Waals surface area contributed by atoms with Crippen LogP contribution < -0.4 is 4.74 Å². The van der Waals surface area contributed by atoms with Crippen LogP contribution in [0, 0.1) is 0 Å². The first-order valence-corrected chi connectivity index (χ1v) is 8.28. The first kappa shape index (κ1) is 14.6. The molecule has 0 spiro atoms. The minimum atomic E-state index is -2.95. The Balaban J connectivity index is 2.07. The van der Waals surface area contributed by atoms with Gasteiger partial charge in [-0.25, -0.2) is 0 Å². The molecule has 2 atom stereocenters. The molecule has 0 radical (unpaired) electrons. The molecule has 1 aromatic carbocycles. The molecular formula is C14H21O4P. The summed E-state index contributed by atoms with van der Waals surface area (Å²) in [6.07, 6.45) is 0.865. The van der Waals surface area contributed by atoms with Crippen LogP contribution in [0.25, 0.3) is 0 Å². The maximum atomic E-state index is 12.6. The van der Waals surface area contributed by atoms with Crippen LogP contribution in [0.3, 0.4) is 0 Å². The predicted octanol–water partition coefficient (Wildman–Crippen LogP) is 3.82. The second-order valence-corrected chi connectivity index (χ2v) is 6.82. The zero-order valence-corrected chi connectivity index (χ0v) is 12.6. The molecule has 1 aromatic rings. The average molecular weight is 284 g/mol. The molecule has 0 saturated heterocycles. The molecular weight excluding hydrogens is 263 g/mol. The van der Waals surface area contributed by atoms with Crippen LogP contribution in [0.5, 0.6) is 5.75 Å². The van der Waals surface area contributed by atoms with E-state index < -0.39 is 7.60 Å². The van der Waals surface area contributed by atoms with Gasteiger partial charge in [0.15, 0.2) is 0 Å². The quantitative estimate of drug-likeness (QED) is 0.714. The second kappa shape index (κ2) is 6.08. The Kier molecular flexibility index (Phi) is 4.67. The van der Waals surface area contributed by atoms with E-state index in [2.05, 4.69) is 0 Å². The van der Waals surface area contributed by atoms with Crippen LogP contribution in [-0.2, 0) is 13.6 Å². The summed E-state index contributed by atoms with van der Waals surface area (Å²) in [5.41, 5.74) is 1.17. The van der Waals surface area contributed by atoms with Crippen LogP contribution in [-0.4, -0.2) is 26.0 Å². The van der Waals surface area contributed by atoms with Gasteiger partial charge in [0.1, 0.15) is 5.75 Å². The number of methoxy groups -OCH3 is 1. The van der Waals surface area contributed by atoms with Crippen LogP contribution >= 0.6 is 7.60 Å². The monoisotopic (exact) mass is 284 g/mol. The molecule has 1 aliphatic rings. The molecule has 1 fully saturated rings. The van der Waals surface area contributed by atoms with Crippen LogP contribution in [0.4, 0.5) is 0 Å². The number of hydrogen-bond acceptors (Lipinski definition) is 4. The zero-order chi connectivity index (χ0) is 13.9. The Morgan fingerprint density at radius 3 is 2.21 bits per heavy atom. The minimum absolute atomic E-state index is 0.000736. The van der Waals surface area contributed by atoms with E-state index in [1.807, 2.05) is 38.1 Å². The Labute approximate surface area is 114 Å². The largest absolute Gasteiger partial charge is 0.497 e. The lowest BCUT2D eigenvalue weighted by Gasteiger charge is -2.17. The van der Waals surface area contributed by atoms with Gasteiger partial charge in [-0.15, -0.1) is 0 Å². The van der Waals surface area contributed by atoms with Gasteiger partial charge >= 0.3 is 7.60 Å². The lowest BCUT2D eigenvalue weighted by molar-refractivity contribution is 0.218. The van der Waals surface area contributed by atoms with Crippen LogP contribution in [0.1, 0.15) is 31.7 Å². The van der Waals surface area contributed by atoms with Crippen molar-refractivity contribution >= 4 is 7.60 Å². The maximum absolute atomic E-state index is 12.6. The van der Waals surface area contributed by atoms with Crippen molar-refractivity contribution in [2.45, 2.75) is 31.8 Å². The van der Waals surface area contributed by atoms with Crippen molar-refractivity contribution in [1.82, 2.24) is 0 Å². The highest BCUT2D eigenvalue weighted by molar-refractivity contribution is 7.55. The van der Waals surface area contributed by atoms with E-state index in [-0.39, 0.29) is 11.6 Å².